The summed E-state index contributed by atoms with van der Waals surface area (Å²) >= 11 is 0. The number of fused-ring (bicyclic) bond motifs is 1. The van der Waals surface area contributed by atoms with Crippen molar-refractivity contribution in [3.05, 3.63) is 42.6 Å². The van der Waals surface area contributed by atoms with Crippen molar-refractivity contribution in [1.29, 1.82) is 0 Å². The highest BCUT2D eigenvalue weighted by Crippen LogP contribution is 2.38. The Labute approximate surface area is 112 Å². The van der Waals surface area contributed by atoms with Crippen LogP contribution < -0.4 is 15.5 Å². The minimum Gasteiger partial charge on any atom is -0.340 e. The Balaban J connectivity index is 1.96. The van der Waals surface area contributed by atoms with Crippen molar-refractivity contribution in [2.75, 3.05) is 10.2 Å². The number of nitrogens with one attached hydrogen (secondary N) is 2. The lowest BCUT2D eigenvalue weighted by atomic mass is 10.0. The molecular weight excluding hydrogens is 240 g/mol. The largest absolute Gasteiger partial charge is 0.340 e. The number of allylic oxidation sites excluding steroid dienone is 1. The SMILES string of the molecule is C=C1CCC(N2C(=C)Nc3cc(C)ncc32)C(=O)N1. The Hall–Kier alpha value is -2.30. The smallest absolute Gasteiger partial charge is 0.247 e. The van der Waals surface area contributed by atoms with Crippen LogP contribution in [0.4, 0.5) is 11.4 Å². The van der Waals surface area contributed by atoms with Gasteiger partial charge in [-0.15, -0.1) is 0 Å². The molecule has 2 aliphatic rings. The summed E-state index contributed by atoms with van der Waals surface area (Å²) in [6.45, 7) is 9.73. The van der Waals surface area contributed by atoms with Crippen molar-refractivity contribution in [1.82, 2.24) is 10.3 Å². The third-order valence-electron chi connectivity index (χ3n) is 3.48. The van der Waals surface area contributed by atoms with Gasteiger partial charge in [-0.2, -0.15) is 0 Å². The van der Waals surface area contributed by atoms with Crippen molar-refractivity contribution in [2.45, 2.75) is 25.8 Å². The van der Waals surface area contributed by atoms with Gasteiger partial charge in [-0.25, -0.2) is 0 Å². The number of nitrogens with zero attached hydrogens (tertiary/aromatic N) is 2. The summed E-state index contributed by atoms with van der Waals surface area (Å²) < 4.78 is 0. The zero-order chi connectivity index (χ0) is 13.6. The van der Waals surface area contributed by atoms with Crippen LogP contribution in [0.5, 0.6) is 0 Å². The Kier molecular flexibility index (Phi) is 2.55. The number of rotatable bonds is 1. The maximum atomic E-state index is 12.1. The molecule has 1 fully saturated rings. The van der Waals surface area contributed by atoms with Crippen molar-refractivity contribution >= 4 is 17.3 Å². The summed E-state index contributed by atoms with van der Waals surface area (Å²) in [4.78, 5) is 18.3. The highest BCUT2D eigenvalue weighted by Gasteiger charge is 2.36. The minimum atomic E-state index is -0.253. The van der Waals surface area contributed by atoms with Crippen molar-refractivity contribution in [3.63, 3.8) is 0 Å². The number of carbonyl (C=O) groups excluding carboxylic acids is 1. The number of hydrogen-bond donors (Lipinski definition) is 2. The number of amides is 1. The van der Waals surface area contributed by atoms with E-state index in [9.17, 15) is 4.79 Å². The monoisotopic (exact) mass is 256 g/mol. The fraction of sp³-hybridized carbons (Fsp3) is 0.286. The lowest BCUT2D eigenvalue weighted by Crippen LogP contribution is -2.48. The number of piperidine rings is 1. The molecule has 1 aromatic rings. The zero-order valence-electron chi connectivity index (χ0n) is 10.9. The molecule has 5 nitrogen and oxygen atoms in total. The van der Waals surface area contributed by atoms with Gasteiger partial charge in [0.25, 0.3) is 0 Å². The molecule has 0 aromatic carbocycles. The van der Waals surface area contributed by atoms with Gasteiger partial charge in [0.1, 0.15) is 11.9 Å². The highest BCUT2D eigenvalue weighted by atomic mass is 16.2. The molecular formula is C14H16N4O. The molecule has 2 N–H and O–H groups in total. The fourth-order valence-corrected chi connectivity index (χ4v) is 2.57. The second kappa shape index (κ2) is 4.12. The molecule has 0 radical (unpaired) electrons. The Morgan fingerprint density at radius 3 is 2.95 bits per heavy atom. The van der Waals surface area contributed by atoms with Gasteiger partial charge in [0.05, 0.1) is 17.6 Å². The average molecular weight is 256 g/mol. The minimum absolute atomic E-state index is 0.0346. The highest BCUT2D eigenvalue weighted by molar-refractivity contribution is 5.92. The van der Waals surface area contributed by atoms with Crippen molar-refractivity contribution in [3.8, 4) is 0 Å². The van der Waals surface area contributed by atoms with Gasteiger partial charge < -0.3 is 15.5 Å². The van der Waals surface area contributed by atoms with Crippen LogP contribution in [0.15, 0.2) is 36.9 Å². The van der Waals surface area contributed by atoms with Crippen molar-refractivity contribution in [2.24, 2.45) is 0 Å². The van der Waals surface area contributed by atoms with Crippen LogP contribution in [-0.4, -0.2) is 16.9 Å². The molecule has 19 heavy (non-hydrogen) atoms. The van der Waals surface area contributed by atoms with Gasteiger partial charge in [0, 0.05) is 11.4 Å². The van der Waals surface area contributed by atoms with Crippen LogP contribution in [0.25, 0.3) is 0 Å². The summed E-state index contributed by atoms with van der Waals surface area (Å²) in [5.74, 6) is 0.683. The van der Waals surface area contributed by atoms with Gasteiger partial charge in [0.2, 0.25) is 5.91 Å². The first-order valence-corrected chi connectivity index (χ1v) is 6.26. The van der Waals surface area contributed by atoms with Crippen LogP contribution in [0.1, 0.15) is 18.5 Å². The Morgan fingerprint density at radius 2 is 2.21 bits per heavy atom. The van der Waals surface area contributed by atoms with E-state index in [0.717, 1.165) is 41.4 Å². The van der Waals surface area contributed by atoms with Crippen LogP contribution in [-0.2, 0) is 4.79 Å². The van der Waals surface area contributed by atoms with E-state index in [-0.39, 0.29) is 11.9 Å². The van der Waals surface area contributed by atoms with E-state index in [0.29, 0.717) is 0 Å². The molecule has 1 unspecified atom stereocenters. The molecule has 1 amide bonds. The fourth-order valence-electron chi connectivity index (χ4n) is 2.57. The molecule has 98 valence electrons. The maximum absolute atomic E-state index is 12.1. The van der Waals surface area contributed by atoms with Crippen LogP contribution >= 0.6 is 0 Å². The van der Waals surface area contributed by atoms with E-state index in [2.05, 4.69) is 28.8 Å². The molecule has 5 heteroatoms. The number of carbonyl (C=O) groups is 1. The molecule has 3 rings (SSSR count). The number of hydrogen-bond acceptors (Lipinski definition) is 4. The molecule has 1 atom stereocenters. The van der Waals surface area contributed by atoms with E-state index in [4.69, 9.17) is 0 Å². The van der Waals surface area contributed by atoms with E-state index < -0.39 is 0 Å². The summed E-state index contributed by atoms with van der Waals surface area (Å²) in [5, 5.41) is 6.01. The van der Waals surface area contributed by atoms with E-state index >= 15 is 0 Å². The van der Waals surface area contributed by atoms with E-state index in [1.54, 1.807) is 6.20 Å². The molecule has 0 aliphatic carbocycles. The van der Waals surface area contributed by atoms with E-state index in [1.807, 2.05) is 17.9 Å². The first-order chi connectivity index (χ1) is 9.06. The van der Waals surface area contributed by atoms with Gasteiger partial charge in [-0.1, -0.05) is 13.2 Å². The van der Waals surface area contributed by atoms with Gasteiger partial charge in [-0.05, 0) is 25.8 Å². The number of aryl methyl sites for hydroxylation is 1. The zero-order valence-corrected chi connectivity index (χ0v) is 10.9. The molecule has 2 aliphatic heterocycles. The first-order valence-electron chi connectivity index (χ1n) is 6.26. The number of pyridine rings is 1. The van der Waals surface area contributed by atoms with Crippen molar-refractivity contribution < 1.29 is 4.79 Å². The van der Waals surface area contributed by atoms with Gasteiger partial charge in [-0.3, -0.25) is 9.78 Å². The summed E-state index contributed by atoms with van der Waals surface area (Å²) in [5.41, 5.74) is 3.57. The molecule has 0 saturated carbocycles. The molecule has 0 spiro atoms. The lowest BCUT2D eigenvalue weighted by molar-refractivity contribution is -0.122. The number of aromatic nitrogens is 1. The Morgan fingerprint density at radius 1 is 1.42 bits per heavy atom. The second-order valence-corrected chi connectivity index (χ2v) is 4.93. The molecule has 1 aromatic heterocycles. The normalized spacial score (nSPS) is 22.1. The van der Waals surface area contributed by atoms with Crippen LogP contribution in [0, 0.1) is 6.92 Å². The summed E-state index contributed by atoms with van der Waals surface area (Å²) in [6.07, 6.45) is 3.31. The predicted octanol–water partition coefficient (Wildman–Crippen LogP) is 1.89. The Bertz CT molecular complexity index is 593. The standard InChI is InChI=1S/C14H16N4O/c1-8-4-5-12(14(19)16-8)18-10(3)17-11-6-9(2)15-7-13(11)18/h6-7,12,17H,1,3-5H2,2H3,(H,16,19). The van der Waals surface area contributed by atoms with Gasteiger partial charge >= 0.3 is 0 Å². The lowest BCUT2D eigenvalue weighted by Gasteiger charge is -2.32. The number of anilines is 2. The predicted molar refractivity (Wildman–Crippen MR) is 74.5 cm³/mol. The van der Waals surface area contributed by atoms with Crippen LogP contribution in [0.2, 0.25) is 0 Å². The first kappa shape index (κ1) is 11.8. The topological polar surface area (TPSA) is 57.3 Å². The maximum Gasteiger partial charge on any atom is 0.247 e. The van der Waals surface area contributed by atoms with Crippen LogP contribution in [0.3, 0.4) is 0 Å². The second-order valence-electron chi connectivity index (χ2n) is 4.93. The van der Waals surface area contributed by atoms with Gasteiger partial charge in [0.15, 0.2) is 0 Å². The third kappa shape index (κ3) is 1.87. The van der Waals surface area contributed by atoms with E-state index in [1.165, 1.54) is 0 Å². The summed E-state index contributed by atoms with van der Waals surface area (Å²) in [7, 11) is 0. The quantitative estimate of drug-likeness (QED) is 0.805. The average Bonchev–Trinajstić information content (AvgIpc) is 2.65. The molecule has 1 saturated heterocycles. The summed E-state index contributed by atoms with van der Waals surface area (Å²) in [6, 6.07) is 1.71. The molecule has 0 bridgehead atoms. The molecule has 3 heterocycles. The third-order valence-corrected chi connectivity index (χ3v) is 3.48.